The van der Waals surface area contributed by atoms with Crippen molar-refractivity contribution in [3.05, 3.63) is 70.2 Å². The number of methoxy groups -OCH3 is 2. The summed E-state index contributed by atoms with van der Waals surface area (Å²) in [6.07, 6.45) is 9.69. The maximum absolute atomic E-state index is 13.7. The van der Waals surface area contributed by atoms with Crippen molar-refractivity contribution in [2.24, 2.45) is 5.92 Å². The number of aromatic nitrogens is 1. The van der Waals surface area contributed by atoms with E-state index < -0.39 is 12.1 Å². The molecular weight excluding hydrogens is 688 g/mol. The monoisotopic (exact) mass is 730 g/mol. The molecule has 3 atom stereocenters. The van der Waals surface area contributed by atoms with Gasteiger partial charge in [0, 0.05) is 60.0 Å². The van der Waals surface area contributed by atoms with Crippen molar-refractivity contribution in [1.82, 2.24) is 19.7 Å². The van der Waals surface area contributed by atoms with Gasteiger partial charge in [-0.15, -0.1) is 12.4 Å². The summed E-state index contributed by atoms with van der Waals surface area (Å²) in [7, 11) is 2.98. The average molecular weight is 732 g/mol. The van der Waals surface area contributed by atoms with E-state index in [9.17, 15) is 14.4 Å². The van der Waals surface area contributed by atoms with Gasteiger partial charge in [-0.2, -0.15) is 0 Å². The number of amides is 2. The Morgan fingerprint density at radius 2 is 1.72 bits per heavy atom. The zero-order valence-electron chi connectivity index (χ0n) is 27.2. The number of rotatable bonds is 7. The third-order valence-corrected chi connectivity index (χ3v) is 10.8. The van der Waals surface area contributed by atoms with E-state index in [1.807, 2.05) is 37.3 Å². The summed E-state index contributed by atoms with van der Waals surface area (Å²) in [5, 5.41) is 0.613. The number of aryl methyl sites for hydroxylation is 1. The van der Waals surface area contributed by atoms with Gasteiger partial charge >= 0.3 is 12.1 Å². The summed E-state index contributed by atoms with van der Waals surface area (Å²) < 4.78 is 16.7. The molecule has 4 aliphatic rings. The van der Waals surface area contributed by atoms with Crippen molar-refractivity contribution in [2.75, 3.05) is 52.3 Å². The number of esters is 1. The number of hydrogen-bond donors (Lipinski definition) is 1. The van der Waals surface area contributed by atoms with Crippen LogP contribution in [0.2, 0.25) is 0 Å². The third kappa shape index (κ3) is 7.12. The Morgan fingerprint density at radius 1 is 1.02 bits per heavy atom. The Hall–Kier alpha value is -3.28. The van der Waals surface area contributed by atoms with Crippen LogP contribution in [0.5, 0.6) is 5.75 Å². The van der Waals surface area contributed by atoms with Gasteiger partial charge in [-0.3, -0.25) is 4.79 Å². The normalized spacial score (nSPS) is 23.1. The third-order valence-electron chi connectivity index (χ3n) is 9.94. The maximum Gasteiger partial charge on any atom is 0.410 e. The molecule has 254 valence electrons. The number of fused-ring (bicyclic) bond motifs is 3. The van der Waals surface area contributed by atoms with Crippen LogP contribution in [-0.4, -0.2) is 96.0 Å². The first kappa shape index (κ1) is 35.0. The van der Waals surface area contributed by atoms with Gasteiger partial charge in [0.05, 0.1) is 25.5 Å². The molecule has 0 spiro atoms. The first-order chi connectivity index (χ1) is 22.3. The highest BCUT2D eigenvalue weighted by molar-refractivity contribution is 9.09. The second-order valence-corrected chi connectivity index (χ2v) is 13.2. The fourth-order valence-electron chi connectivity index (χ4n) is 7.55. The molecule has 0 radical (unpaired) electrons. The molecule has 1 aromatic carbocycles. The van der Waals surface area contributed by atoms with Crippen LogP contribution in [0.15, 0.2) is 42.1 Å². The summed E-state index contributed by atoms with van der Waals surface area (Å²) in [6, 6.07) is 7.98. The number of halogens is 2. The largest absolute Gasteiger partial charge is 0.497 e. The van der Waals surface area contributed by atoms with Crippen LogP contribution >= 0.6 is 28.3 Å². The lowest BCUT2D eigenvalue weighted by atomic mass is 9.80. The molecule has 0 saturated carbocycles. The van der Waals surface area contributed by atoms with Gasteiger partial charge in [0.15, 0.2) is 6.10 Å². The number of allylic oxidation sites excluding steroid dienone is 1. The van der Waals surface area contributed by atoms with E-state index in [1.54, 1.807) is 29.1 Å². The summed E-state index contributed by atoms with van der Waals surface area (Å²) in [6.45, 7) is 5.84. The molecule has 2 aromatic rings. The lowest BCUT2D eigenvalue weighted by Crippen LogP contribution is -2.48. The maximum atomic E-state index is 13.7. The highest BCUT2D eigenvalue weighted by atomic mass is 79.9. The molecule has 10 nitrogen and oxygen atoms in total. The molecule has 1 N–H and O–H groups in total. The SMILES string of the molecule is COC(=O)c1c(C)[nH]c2c1C1C(=CC2OC(=O)N2CCC(N3CCCCC3)CC2)N(C(=O)/C=C/c2ccc(OC)cc2)C[C@H]1CBr.Cl. The fourth-order valence-corrected chi connectivity index (χ4v) is 8.13. The second-order valence-electron chi connectivity index (χ2n) is 12.6. The van der Waals surface area contributed by atoms with E-state index in [0.29, 0.717) is 48.0 Å². The molecule has 0 bridgehead atoms. The topological polar surface area (TPSA) is 104 Å². The van der Waals surface area contributed by atoms with Crippen LogP contribution in [0.1, 0.15) is 77.0 Å². The minimum absolute atomic E-state index is 0. The van der Waals surface area contributed by atoms with E-state index in [2.05, 4.69) is 25.8 Å². The van der Waals surface area contributed by atoms with Crippen molar-refractivity contribution in [3.63, 3.8) is 0 Å². The van der Waals surface area contributed by atoms with E-state index in [0.717, 1.165) is 48.5 Å². The predicted molar refractivity (Wildman–Crippen MR) is 185 cm³/mol. The van der Waals surface area contributed by atoms with E-state index in [4.69, 9.17) is 14.2 Å². The van der Waals surface area contributed by atoms with Gasteiger partial charge in [-0.05, 0) is 81.5 Å². The average Bonchev–Trinajstić information content (AvgIpc) is 3.64. The molecule has 47 heavy (non-hydrogen) atoms. The first-order valence-corrected chi connectivity index (χ1v) is 17.4. The number of ether oxygens (including phenoxy) is 3. The lowest BCUT2D eigenvalue weighted by molar-refractivity contribution is -0.123. The number of H-pyrrole nitrogens is 1. The van der Waals surface area contributed by atoms with E-state index in [-0.39, 0.29) is 36.2 Å². The Kier molecular flexibility index (Phi) is 11.4. The Bertz CT molecular complexity index is 1510. The predicted octanol–water partition coefficient (Wildman–Crippen LogP) is 6.22. The number of alkyl halides is 1. The Morgan fingerprint density at radius 3 is 2.36 bits per heavy atom. The molecule has 3 fully saturated rings. The molecule has 4 heterocycles. The van der Waals surface area contributed by atoms with Crippen LogP contribution in [0.3, 0.4) is 0 Å². The highest BCUT2D eigenvalue weighted by Crippen LogP contribution is 2.51. The number of nitrogens with one attached hydrogen (secondary N) is 1. The Balaban J connectivity index is 0.00000433. The standard InChI is InChI=1S/C35H43BrN4O6.ClH/c1-22-30(34(42)45-3)32-31-24(20-36)21-40(29(41)12-9-23-7-10-26(44-2)11-8-23)27(31)19-28(33(32)37-22)46-35(43)39-17-13-25(14-18-39)38-15-5-4-6-16-38;/h7-12,19,24-25,28,31,37H,4-6,13-18,20-21H2,1-3H3;1H/b12-9+;/t24-,28?,31?;/m1./s1. The first-order valence-electron chi connectivity index (χ1n) is 16.2. The van der Waals surface area contributed by atoms with Gasteiger partial charge in [-0.25, -0.2) is 9.59 Å². The number of piperidine rings is 2. The number of likely N-dealkylation sites (tertiary alicyclic amines) is 3. The van der Waals surface area contributed by atoms with E-state index in [1.165, 1.54) is 26.4 Å². The lowest BCUT2D eigenvalue weighted by Gasteiger charge is -2.40. The number of carbonyl (C=O) groups excluding carboxylic acids is 3. The van der Waals surface area contributed by atoms with Crippen molar-refractivity contribution >= 4 is 52.4 Å². The number of aromatic amines is 1. The molecular formula is C35H44BrClN4O6. The van der Waals surface area contributed by atoms with Gasteiger partial charge in [0.25, 0.3) is 5.91 Å². The van der Waals surface area contributed by atoms with Gasteiger partial charge in [-0.1, -0.05) is 34.5 Å². The van der Waals surface area contributed by atoms with Crippen molar-refractivity contribution in [2.45, 2.75) is 57.1 Å². The van der Waals surface area contributed by atoms with Crippen molar-refractivity contribution in [3.8, 4) is 5.75 Å². The van der Waals surface area contributed by atoms with Crippen LogP contribution in [0, 0.1) is 12.8 Å². The summed E-state index contributed by atoms with van der Waals surface area (Å²) in [5.74, 6) is -0.173. The molecule has 12 heteroatoms. The van der Waals surface area contributed by atoms with Gasteiger partial charge in [0.2, 0.25) is 0 Å². The Labute approximate surface area is 291 Å². The highest BCUT2D eigenvalue weighted by Gasteiger charge is 2.48. The quantitative estimate of drug-likeness (QED) is 0.205. The molecule has 2 unspecified atom stereocenters. The number of benzene rings is 1. The molecule has 3 saturated heterocycles. The summed E-state index contributed by atoms with van der Waals surface area (Å²) >= 11 is 3.67. The molecule has 1 aromatic heterocycles. The van der Waals surface area contributed by atoms with Crippen LogP contribution in [0.4, 0.5) is 4.79 Å². The van der Waals surface area contributed by atoms with Crippen LogP contribution < -0.4 is 4.74 Å². The zero-order chi connectivity index (χ0) is 32.4. The molecule has 6 rings (SSSR count). The minimum Gasteiger partial charge on any atom is -0.497 e. The number of hydrogen-bond acceptors (Lipinski definition) is 7. The molecule has 2 amide bonds. The van der Waals surface area contributed by atoms with Crippen LogP contribution in [0.25, 0.3) is 6.08 Å². The fraction of sp³-hybridized carbons (Fsp3) is 0.514. The van der Waals surface area contributed by atoms with E-state index >= 15 is 0 Å². The number of nitrogens with zero attached hydrogens (tertiary/aromatic N) is 3. The smallest absolute Gasteiger partial charge is 0.410 e. The van der Waals surface area contributed by atoms with Gasteiger partial charge < -0.3 is 33.9 Å². The zero-order valence-corrected chi connectivity index (χ0v) is 29.6. The number of carbonyl (C=O) groups is 3. The summed E-state index contributed by atoms with van der Waals surface area (Å²) in [5.41, 5.74) is 4.08. The second kappa shape index (κ2) is 15.3. The van der Waals surface area contributed by atoms with Gasteiger partial charge in [0.1, 0.15) is 5.75 Å². The van der Waals surface area contributed by atoms with Crippen LogP contribution in [-0.2, 0) is 14.3 Å². The summed E-state index contributed by atoms with van der Waals surface area (Å²) in [4.78, 5) is 49.9. The molecule has 3 aliphatic heterocycles. The van der Waals surface area contributed by atoms with Crippen molar-refractivity contribution in [1.29, 1.82) is 0 Å². The molecule has 1 aliphatic carbocycles. The van der Waals surface area contributed by atoms with Crippen molar-refractivity contribution < 1.29 is 28.6 Å². The minimum atomic E-state index is -0.791.